The number of carbonyl (C=O) groups is 2. The summed E-state index contributed by atoms with van der Waals surface area (Å²) in [6.45, 7) is 1.73. The molecule has 20 heavy (non-hydrogen) atoms. The molecule has 2 rings (SSSR count). The largest absolute Gasteiger partial charge is 0.465 e. The maximum atomic E-state index is 11.5. The Bertz CT molecular complexity index is 667. The highest BCUT2D eigenvalue weighted by molar-refractivity contribution is 7.17. The number of rotatable bonds is 4. The van der Waals surface area contributed by atoms with Crippen LogP contribution in [0.15, 0.2) is 24.3 Å². The summed E-state index contributed by atoms with van der Waals surface area (Å²) in [6.07, 6.45) is 0. The van der Waals surface area contributed by atoms with Gasteiger partial charge in [0.05, 0.1) is 12.8 Å². The Kier molecular flexibility index (Phi) is 3.99. The van der Waals surface area contributed by atoms with Crippen LogP contribution in [0, 0.1) is 6.92 Å². The van der Waals surface area contributed by atoms with Gasteiger partial charge in [0.25, 0.3) is 0 Å². The fraction of sp³-hybridized carbons (Fsp3) is 0.154. The monoisotopic (exact) mass is 291 g/mol. The molecule has 0 aliphatic carbocycles. The first-order valence-electron chi connectivity index (χ1n) is 5.74. The van der Waals surface area contributed by atoms with Crippen molar-refractivity contribution in [2.75, 3.05) is 12.4 Å². The van der Waals surface area contributed by atoms with Gasteiger partial charge in [0.2, 0.25) is 5.91 Å². The predicted octanol–water partition coefficient (Wildman–Crippen LogP) is 2.08. The van der Waals surface area contributed by atoms with E-state index in [-0.39, 0.29) is 0 Å². The third-order valence-electron chi connectivity index (χ3n) is 2.57. The van der Waals surface area contributed by atoms with Crippen LogP contribution in [0.2, 0.25) is 0 Å². The van der Waals surface area contributed by atoms with Crippen LogP contribution in [-0.2, 0) is 4.74 Å². The van der Waals surface area contributed by atoms with E-state index < -0.39 is 11.9 Å². The number of hydrogen-bond acceptors (Lipinski definition) is 6. The molecule has 0 spiro atoms. The number of anilines is 2. The van der Waals surface area contributed by atoms with Crippen molar-refractivity contribution >= 4 is 34.0 Å². The maximum Gasteiger partial charge on any atom is 0.350 e. The Morgan fingerprint density at radius 1 is 1.40 bits per heavy atom. The normalized spacial score (nSPS) is 10.1. The van der Waals surface area contributed by atoms with Gasteiger partial charge in [0, 0.05) is 11.3 Å². The minimum Gasteiger partial charge on any atom is -0.465 e. The Balaban J connectivity index is 2.24. The molecule has 104 valence electrons. The van der Waals surface area contributed by atoms with Gasteiger partial charge in [-0.05, 0) is 25.1 Å². The van der Waals surface area contributed by atoms with Gasteiger partial charge in [-0.25, -0.2) is 9.78 Å². The van der Waals surface area contributed by atoms with Crippen LogP contribution in [-0.4, -0.2) is 24.0 Å². The van der Waals surface area contributed by atoms with E-state index in [4.69, 9.17) is 5.73 Å². The van der Waals surface area contributed by atoms with Crippen LogP contribution in [0.3, 0.4) is 0 Å². The second-order valence-corrected chi connectivity index (χ2v) is 4.99. The molecule has 0 radical (unpaired) electrons. The fourth-order valence-electron chi connectivity index (χ4n) is 1.61. The molecule has 0 bridgehead atoms. The smallest absolute Gasteiger partial charge is 0.350 e. The summed E-state index contributed by atoms with van der Waals surface area (Å²) in [4.78, 5) is 27.3. The molecule has 7 heteroatoms. The van der Waals surface area contributed by atoms with E-state index >= 15 is 0 Å². The van der Waals surface area contributed by atoms with Crippen molar-refractivity contribution in [3.63, 3.8) is 0 Å². The average molecular weight is 291 g/mol. The Labute approximate surface area is 119 Å². The lowest BCUT2D eigenvalue weighted by Gasteiger charge is -2.03. The van der Waals surface area contributed by atoms with Crippen molar-refractivity contribution < 1.29 is 14.3 Å². The number of esters is 1. The Morgan fingerprint density at radius 3 is 2.80 bits per heavy atom. The van der Waals surface area contributed by atoms with Crippen molar-refractivity contribution in [2.24, 2.45) is 5.73 Å². The van der Waals surface area contributed by atoms with E-state index in [1.165, 1.54) is 18.4 Å². The van der Waals surface area contributed by atoms with Crippen molar-refractivity contribution in [2.45, 2.75) is 6.92 Å². The quantitative estimate of drug-likeness (QED) is 0.841. The minimum atomic E-state index is -0.501. The second-order valence-electron chi connectivity index (χ2n) is 4.00. The minimum absolute atomic E-state index is 0.400. The van der Waals surface area contributed by atoms with Crippen LogP contribution >= 0.6 is 11.3 Å². The van der Waals surface area contributed by atoms with E-state index in [0.717, 1.165) is 0 Å². The van der Waals surface area contributed by atoms with E-state index in [2.05, 4.69) is 15.0 Å². The summed E-state index contributed by atoms with van der Waals surface area (Å²) in [6, 6.07) is 6.74. The fourth-order valence-corrected chi connectivity index (χ4v) is 2.51. The molecule has 0 aliphatic rings. The summed E-state index contributed by atoms with van der Waals surface area (Å²) in [7, 11) is 1.32. The highest BCUT2D eigenvalue weighted by Crippen LogP contribution is 2.26. The van der Waals surface area contributed by atoms with Gasteiger partial charge >= 0.3 is 5.97 Å². The first-order chi connectivity index (χ1) is 9.51. The summed E-state index contributed by atoms with van der Waals surface area (Å²) >= 11 is 1.19. The number of amides is 1. The molecule has 0 fully saturated rings. The third-order valence-corrected chi connectivity index (χ3v) is 3.62. The number of methoxy groups -OCH3 is 1. The van der Waals surface area contributed by atoms with Crippen molar-refractivity contribution in [1.29, 1.82) is 0 Å². The first kappa shape index (κ1) is 14.0. The van der Waals surface area contributed by atoms with Crippen LogP contribution < -0.4 is 11.1 Å². The number of nitrogens with one attached hydrogen (secondary N) is 1. The number of ether oxygens (including phenoxy) is 1. The maximum absolute atomic E-state index is 11.5. The number of nitrogens with zero attached hydrogens (tertiary/aromatic N) is 1. The van der Waals surface area contributed by atoms with Gasteiger partial charge in [-0.2, -0.15) is 0 Å². The number of aryl methyl sites for hydroxylation is 1. The lowest BCUT2D eigenvalue weighted by molar-refractivity contribution is 0.0605. The van der Waals surface area contributed by atoms with Gasteiger partial charge in [-0.15, -0.1) is 0 Å². The van der Waals surface area contributed by atoms with E-state index in [0.29, 0.717) is 27.0 Å². The predicted molar refractivity (Wildman–Crippen MR) is 76.4 cm³/mol. The van der Waals surface area contributed by atoms with Gasteiger partial charge in [0.1, 0.15) is 4.88 Å². The molecule has 1 aromatic heterocycles. The van der Waals surface area contributed by atoms with E-state index in [1.807, 2.05) is 0 Å². The molecule has 0 saturated carbocycles. The molecule has 0 aliphatic heterocycles. The van der Waals surface area contributed by atoms with Gasteiger partial charge in [-0.3, -0.25) is 4.79 Å². The molecule has 1 aromatic carbocycles. The number of carbonyl (C=O) groups excluding carboxylic acids is 2. The molecular formula is C13H13N3O3S. The lowest BCUT2D eigenvalue weighted by Crippen LogP contribution is -2.10. The Hall–Kier alpha value is -2.41. The number of primary amides is 1. The van der Waals surface area contributed by atoms with Crippen LogP contribution in [0.4, 0.5) is 10.8 Å². The molecule has 6 nitrogen and oxygen atoms in total. The molecular weight excluding hydrogens is 278 g/mol. The number of aromatic nitrogens is 1. The molecule has 3 N–H and O–H groups in total. The molecule has 2 aromatic rings. The first-order valence-corrected chi connectivity index (χ1v) is 6.55. The third kappa shape index (κ3) is 2.94. The van der Waals surface area contributed by atoms with E-state index in [1.54, 1.807) is 31.2 Å². The number of hydrogen-bond donors (Lipinski definition) is 2. The zero-order valence-electron chi connectivity index (χ0n) is 11.0. The summed E-state index contributed by atoms with van der Waals surface area (Å²) in [5.74, 6) is -0.918. The highest BCUT2D eigenvalue weighted by atomic mass is 32.1. The summed E-state index contributed by atoms with van der Waals surface area (Å²) < 4.78 is 4.67. The standard InChI is InChI=1S/C13H13N3O3S/c1-7-10(12(18)19-2)20-13(15-7)16-9-5-3-4-8(6-9)11(14)17/h3-6H,1-2H3,(H2,14,17)(H,15,16). The SMILES string of the molecule is COC(=O)c1sc(Nc2cccc(C(N)=O)c2)nc1C. The summed E-state index contributed by atoms with van der Waals surface area (Å²) in [5.41, 5.74) is 6.89. The molecule has 0 unspecified atom stereocenters. The van der Waals surface area contributed by atoms with Gasteiger partial charge in [0.15, 0.2) is 5.13 Å². The van der Waals surface area contributed by atoms with Crippen molar-refractivity contribution in [1.82, 2.24) is 4.98 Å². The van der Waals surface area contributed by atoms with Crippen LogP contribution in [0.1, 0.15) is 25.7 Å². The number of benzene rings is 1. The van der Waals surface area contributed by atoms with Crippen molar-refractivity contribution in [3.8, 4) is 0 Å². The molecule has 0 atom stereocenters. The molecule has 1 amide bonds. The molecule has 0 saturated heterocycles. The second kappa shape index (κ2) is 5.70. The number of thiazole rings is 1. The number of nitrogens with two attached hydrogens (primary N) is 1. The van der Waals surface area contributed by atoms with Crippen LogP contribution in [0.5, 0.6) is 0 Å². The summed E-state index contributed by atoms with van der Waals surface area (Å²) in [5, 5.41) is 3.58. The highest BCUT2D eigenvalue weighted by Gasteiger charge is 2.15. The van der Waals surface area contributed by atoms with Crippen LogP contribution in [0.25, 0.3) is 0 Å². The zero-order chi connectivity index (χ0) is 14.7. The zero-order valence-corrected chi connectivity index (χ0v) is 11.8. The lowest BCUT2D eigenvalue weighted by atomic mass is 10.2. The average Bonchev–Trinajstić information content (AvgIpc) is 2.79. The molecule has 1 heterocycles. The van der Waals surface area contributed by atoms with Gasteiger partial charge < -0.3 is 15.8 Å². The van der Waals surface area contributed by atoms with Gasteiger partial charge in [-0.1, -0.05) is 17.4 Å². The van der Waals surface area contributed by atoms with Crippen molar-refractivity contribution in [3.05, 3.63) is 40.4 Å². The van der Waals surface area contributed by atoms with E-state index in [9.17, 15) is 9.59 Å². The Morgan fingerprint density at radius 2 is 2.15 bits per heavy atom. The topological polar surface area (TPSA) is 94.3 Å².